The Morgan fingerprint density at radius 1 is 1.19 bits per heavy atom. The molecule has 2 rings (SSSR count). The van der Waals surface area contributed by atoms with Crippen LogP contribution in [0.15, 0.2) is 42.5 Å². The van der Waals surface area contributed by atoms with Crippen LogP contribution >= 0.6 is 0 Å². The topological polar surface area (TPSA) is 77.8 Å². The molecule has 1 heterocycles. The number of aryl methyl sites for hydroxylation is 1. The highest BCUT2D eigenvalue weighted by molar-refractivity contribution is 5.86. The van der Waals surface area contributed by atoms with Crippen LogP contribution in [-0.4, -0.2) is 51.6 Å². The number of hydrogen-bond donors (Lipinski definition) is 2. The van der Waals surface area contributed by atoms with Gasteiger partial charge in [0.05, 0.1) is 12.1 Å². The van der Waals surface area contributed by atoms with Gasteiger partial charge in [-0.1, -0.05) is 62.2 Å². The van der Waals surface area contributed by atoms with Crippen LogP contribution < -0.4 is 0 Å². The van der Waals surface area contributed by atoms with Gasteiger partial charge in [0.15, 0.2) is 0 Å². The minimum absolute atomic E-state index is 0.0183. The molecule has 1 aliphatic rings. The second-order valence-electron chi connectivity index (χ2n) is 8.76. The number of amides is 1. The number of alkyl halides is 2. The summed E-state index contributed by atoms with van der Waals surface area (Å²) in [5, 5.41) is 19.1. The van der Waals surface area contributed by atoms with E-state index in [1.54, 1.807) is 12.2 Å². The van der Waals surface area contributed by atoms with Crippen molar-refractivity contribution >= 4 is 11.9 Å². The molecular formula is C25H35F2NO4. The first-order valence-electron chi connectivity index (χ1n) is 11.5. The lowest BCUT2D eigenvalue weighted by Crippen LogP contribution is -2.36. The number of carbonyl (C=O) groups is 2. The van der Waals surface area contributed by atoms with E-state index in [9.17, 15) is 23.5 Å². The van der Waals surface area contributed by atoms with Gasteiger partial charge in [-0.3, -0.25) is 9.59 Å². The molecule has 0 bridgehead atoms. The lowest BCUT2D eigenvalue weighted by Gasteiger charge is -2.22. The normalized spacial score (nSPS) is 20.1. The Morgan fingerprint density at radius 2 is 1.88 bits per heavy atom. The highest BCUT2D eigenvalue weighted by Gasteiger charge is 2.52. The van der Waals surface area contributed by atoms with E-state index in [0.717, 1.165) is 19.3 Å². The molecule has 32 heavy (non-hydrogen) atoms. The van der Waals surface area contributed by atoms with Crippen molar-refractivity contribution in [2.45, 2.75) is 82.8 Å². The van der Waals surface area contributed by atoms with Gasteiger partial charge in [0.25, 0.3) is 5.91 Å². The van der Waals surface area contributed by atoms with Crippen LogP contribution in [0.2, 0.25) is 0 Å². The van der Waals surface area contributed by atoms with Crippen molar-refractivity contribution in [1.29, 1.82) is 0 Å². The summed E-state index contributed by atoms with van der Waals surface area (Å²) in [6.45, 7) is 2.14. The van der Waals surface area contributed by atoms with Crippen molar-refractivity contribution in [3.05, 3.63) is 48.0 Å². The van der Waals surface area contributed by atoms with Gasteiger partial charge in [0.2, 0.25) is 0 Å². The van der Waals surface area contributed by atoms with E-state index in [1.807, 2.05) is 25.1 Å². The molecule has 0 aliphatic carbocycles. The Kier molecular flexibility index (Phi) is 10.3. The summed E-state index contributed by atoms with van der Waals surface area (Å²) in [4.78, 5) is 23.8. The molecule has 1 fully saturated rings. The molecule has 3 atom stereocenters. The summed E-state index contributed by atoms with van der Waals surface area (Å²) in [5.74, 6) is -5.42. The van der Waals surface area contributed by atoms with Gasteiger partial charge in [-0.05, 0) is 43.6 Å². The Bertz CT molecular complexity index is 754. The van der Waals surface area contributed by atoms with Gasteiger partial charge in [-0.2, -0.15) is 8.78 Å². The second kappa shape index (κ2) is 12.7. The number of carboxylic acid groups (broad SMARTS) is 1. The van der Waals surface area contributed by atoms with Gasteiger partial charge < -0.3 is 15.1 Å². The number of aliphatic carboxylic acids is 1. The molecule has 1 aromatic carbocycles. The number of aliphatic hydroxyl groups is 1. The highest BCUT2D eigenvalue weighted by atomic mass is 19.3. The van der Waals surface area contributed by atoms with Crippen molar-refractivity contribution in [1.82, 2.24) is 4.90 Å². The van der Waals surface area contributed by atoms with Crippen molar-refractivity contribution < 1.29 is 28.6 Å². The lowest BCUT2D eigenvalue weighted by atomic mass is 9.95. The standard InChI is InChI=1S/C25H35F2NO4/c1-19(10-9-13-20-11-5-4-6-12-20)22(29)16-15-21-18-25(26,27)24(32)28(21)17-8-3-2-7-14-23(30)31/h4-6,11-12,15-16,19,21-22,29H,2-3,7-10,13-14,17-18H2,1H3,(H,30,31)/b16-15+/t19-,21+,22-/m1/s1. The molecule has 1 aromatic rings. The predicted octanol–water partition coefficient (Wildman–Crippen LogP) is 4.83. The Labute approximate surface area is 189 Å². The van der Waals surface area contributed by atoms with Crippen molar-refractivity contribution in [3.63, 3.8) is 0 Å². The summed E-state index contributed by atoms with van der Waals surface area (Å²) < 4.78 is 28.0. The summed E-state index contributed by atoms with van der Waals surface area (Å²) in [5.41, 5.74) is 1.25. The number of benzene rings is 1. The number of hydrogen-bond acceptors (Lipinski definition) is 3. The van der Waals surface area contributed by atoms with Crippen LogP contribution in [0.4, 0.5) is 8.78 Å². The predicted molar refractivity (Wildman–Crippen MR) is 119 cm³/mol. The Hall–Kier alpha value is -2.28. The van der Waals surface area contributed by atoms with Crippen molar-refractivity contribution in [2.24, 2.45) is 5.92 Å². The fourth-order valence-electron chi connectivity index (χ4n) is 4.05. The van der Waals surface area contributed by atoms with E-state index in [1.165, 1.54) is 10.5 Å². The maximum atomic E-state index is 14.0. The molecule has 5 nitrogen and oxygen atoms in total. The molecule has 0 aromatic heterocycles. The maximum Gasteiger partial charge on any atom is 0.327 e. The van der Waals surface area contributed by atoms with Gasteiger partial charge in [-0.15, -0.1) is 0 Å². The molecule has 178 valence electrons. The van der Waals surface area contributed by atoms with Crippen molar-refractivity contribution in [3.8, 4) is 0 Å². The lowest BCUT2D eigenvalue weighted by molar-refractivity contribution is -0.148. The molecule has 1 saturated heterocycles. The average Bonchev–Trinajstić information content (AvgIpc) is 2.97. The van der Waals surface area contributed by atoms with Gasteiger partial charge in [-0.25, -0.2) is 0 Å². The number of halogens is 2. The SMILES string of the molecule is C[C@H](CCCc1ccccc1)[C@H](O)/C=C/[C@H]1CC(F)(F)C(=O)N1CCCCCCC(=O)O. The van der Waals surface area contributed by atoms with E-state index in [-0.39, 0.29) is 18.9 Å². The summed E-state index contributed by atoms with van der Waals surface area (Å²) in [7, 11) is 0. The Balaban J connectivity index is 1.81. The van der Waals surface area contributed by atoms with Gasteiger partial charge in [0, 0.05) is 19.4 Å². The average molecular weight is 452 g/mol. The van der Waals surface area contributed by atoms with Crippen LogP contribution in [0.25, 0.3) is 0 Å². The van der Waals surface area contributed by atoms with E-state index < -0.39 is 36.4 Å². The van der Waals surface area contributed by atoms with Crippen LogP contribution in [0.1, 0.15) is 63.9 Å². The monoisotopic (exact) mass is 451 g/mol. The number of nitrogens with zero attached hydrogens (tertiary/aromatic N) is 1. The molecule has 0 unspecified atom stereocenters. The molecule has 1 amide bonds. The first-order valence-corrected chi connectivity index (χ1v) is 11.5. The molecule has 0 radical (unpaired) electrons. The largest absolute Gasteiger partial charge is 0.481 e. The summed E-state index contributed by atoms with van der Waals surface area (Å²) in [6.07, 6.45) is 6.95. The van der Waals surface area contributed by atoms with E-state index in [2.05, 4.69) is 12.1 Å². The third-order valence-electron chi connectivity index (χ3n) is 6.06. The van der Waals surface area contributed by atoms with E-state index >= 15 is 0 Å². The van der Waals surface area contributed by atoms with Gasteiger partial charge in [0.1, 0.15) is 0 Å². The first-order chi connectivity index (χ1) is 15.2. The number of likely N-dealkylation sites (tertiary alicyclic amines) is 1. The zero-order valence-electron chi connectivity index (χ0n) is 18.8. The summed E-state index contributed by atoms with van der Waals surface area (Å²) in [6, 6.07) is 9.37. The van der Waals surface area contributed by atoms with E-state index in [4.69, 9.17) is 5.11 Å². The number of aliphatic hydroxyl groups excluding tert-OH is 1. The van der Waals surface area contributed by atoms with E-state index in [0.29, 0.717) is 25.7 Å². The molecular weight excluding hydrogens is 416 g/mol. The molecule has 7 heteroatoms. The molecule has 0 saturated carbocycles. The molecule has 0 spiro atoms. The second-order valence-corrected chi connectivity index (χ2v) is 8.76. The minimum Gasteiger partial charge on any atom is -0.481 e. The smallest absolute Gasteiger partial charge is 0.327 e. The Morgan fingerprint density at radius 3 is 2.56 bits per heavy atom. The third-order valence-corrected chi connectivity index (χ3v) is 6.06. The zero-order chi connectivity index (χ0) is 23.6. The van der Waals surface area contributed by atoms with Crippen molar-refractivity contribution in [2.75, 3.05) is 6.54 Å². The molecule has 2 N–H and O–H groups in total. The van der Waals surface area contributed by atoms with Crippen LogP contribution in [-0.2, 0) is 16.0 Å². The number of carboxylic acids is 1. The summed E-state index contributed by atoms with van der Waals surface area (Å²) >= 11 is 0. The molecule has 1 aliphatic heterocycles. The number of unbranched alkanes of at least 4 members (excludes halogenated alkanes) is 3. The quantitative estimate of drug-likeness (QED) is 0.314. The van der Waals surface area contributed by atoms with Crippen LogP contribution in [0, 0.1) is 5.92 Å². The van der Waals surface area contributed by atoms with Gasteiger partial charge >= 0.3 is 11.9 Å². The van der Waals surface area contributed by atoms with Crippen LogP contribution in [0.5, 0.6) is 0 Å². The third kappa shape index (κ3) is 8.34. The number of carbonyl (C=O) groups excluding carboxylic acids is 1. The fraction of sp³-hybridized carbons (Fsp3) is 0.600. The maximum absolute atomic E-state index is 14.0. The zero-order valence-corrected chi connectivity index (χ0v) is 18.8. The van der Waals surface area contributed by atoms with Crippen LogP contribution in [0.3, 0.4) is 0 Å². The minimum atomic E-state index is -3.38. The fourth-order valence-corrected chi connectivity index (χ4v) is 4.05. The number of rotatable bonds is 14. The first kappa shape index (κ1) is 26.0. The highest BCUT2D eigenvalue weighted by Crippen LogP contribution is 2.34.